The number of hydrogen-bond donors (Lipinski definition) is 0. The summed E-state index contributed by atoms with van der Waals surface area (Å²) in [4.78, 5) is 25.6. The molecule has 5 aromatic heterocycles. The van der Waals surface area contributed by atoms with Gasteiger partial charge in [0.15, 0.2) is 28.9 Å². The highest BCUT2D eigenvalue weighted by molar-refractivity contribution is 7.25. The number of furan rings is 2. The van der Waals surface area contributed by atoms with E-state index in [0.717, 1.165) is 55.1 Å². The number of hydrogen-bond acceptors (Lipinski definition) is 8. The van der Waals surface area contributed by atoms with Gasteiger partial charge in [-0.25, -0.2) is 24.9 Å². The maximum absolute atomic E-state index is 6.80. The molecule has 266 valence electrons. The van der Waals surface area contributed by atoms with Gasteiger partial charge in [-0.3, -0.25) is 0 Å². The molecule has 0 fully saturated rings. The van der Waals surface area contributed by atoms with Crippen LogP contribution in [0, 0.1) is 0 Å². The van der Waals surface area contributed by atoms with Gasteiger partial charge in [0.25, 0.3) is 0 Å². The van der Waals surface area contributed by atoms with Crippen LogP contribution in [-0.2, 0) is 0 Å². The van der Waals surface area contributed by atoms with Gasteiger partial charge in [0.2, 0.25) is 0 Å². The van der Waals surface area contributed by atoms with Crippen LogP contribution in [0.2, 0.25) is 0 Å². The molecule has 0 saturated carbocycles. The van der Waals surface area contributed by atoms with Crippen molar-refractivity contribution < 1.29 is 8.83 Å². The van der Waals surface area contributed by atoms with Crippen LogP contribution in [0.5, 0.6) is 0 Å². The van der Waals surface area contributed by atoms with Crippen molar-refractivity contribution >= 4 is 75.5 Å². The molecule has 0 amide bonds. The average molecular weight is 750 g/mol. The van der Waals surface area contributed by atoms with E-state index in [1.165, 1.54) is 20.2 Å². The Labute approximate surface area is 328 Å². The summed E-state index contributed by atoms with van der Waals surface area (Å²) in [5.74, 6) is 2.37. The Hall–Kier alpha value is -7.55. The molecule has 0 spiro atoms. The predicted octanol–water partition coefficient (Wildman–Crippen LogP) is 13.2. The molecule has 5 heterocycles. The summed E-state index contributed by atoms with van der Waals surface area (Å²) in [6, 6.07) is 55.2. The van der Waals surface area contributed by atoms with Gasteiger partial charge >= 0.3 is 0 Å². The van der Waals surface area contributed by atoms with Gasteiger partial charge in [-0.05, 0) is 36.4 Å². The van der Waals surface area contributed by atoms with Crippen LogP contribution in [0.3, 0.4) is 0 Å². The second-order valence-corrected chi connectivity index (χ2v) is 15.1. The van der Waals surface area contributed by atoms with Crippen molar-refractivity contribution in [3.8, 4) is 56.8 Å². The van der Waals surface area contributed by atoms with Gasteiger partial charge < -0.3 is 8.83 Å². The minimum Gasteiger partial charge on any atom is -0.455 e. The number of benzene rings is 7. The highest BCUT2D eigenvalue weighted by atomic mass is 32.1. The number of rotatable bonds is 5. The van der Waals surface area contributed by atoms with Crippen molar-refractivity contribution in [3.63, 3.8) is 0 Å². The summed E-state index contributed by atoms with van der Waals surface area (Å²) in [7, 11) is 0. The summed E-state index contributed by atoms with van der Waals surface area (Å²) in [6.07, 6.45) is 0. The van der Waals surface area contributed by atoms with Crippen molar-refractivity contribution in [1.82, 2.24) is 24.9 Å². The minimum absolute atomic E-state index is 0.557. The van der Waals surface area contributed by atoms with Crippen LogP contribution in [0.1, 0.15) is 0 Å². The minimum atomic E-state index is 0.557. The predicted molar refractivity (Wildman–Crippen MR) is 230 cm³/mol. The van der Waals surface area contributed by atoms with Gasteiger partial charge in [0.05, 0.1) is 0 Å². The summed E-state index contributed by atoms with van der Waals surface area (Å²) in [6.45, 7) is 0. The van der Waals surface area contributed by atoms with E-state index in [2.05, 4.69) is 54.6 Å². The lowest BCUT2D eigenvalue weighted by atomic mass is 10.0. The summed E-state index contributed by atoms with van der Waals surface area (Å²) in [5, 5.41) is 5.23. The Morgan fingerprint density at radius 3 is 1.79 bits per heavy atom. The Kier molecular flexibility index (Phi) is 6.96. The monoisotopic (exact) mass is 749 g/mol. The van der Waals surface area contributed by atoms with Gasteiger partial charge in [-0.15, -0.1) is 11.3 Å². The third kappa shape index (κ3) is 5.08. The first-order valence-electron chi connectivity index (χ1n) is 18.7. The van der Waals surface area contributed by atoms with E-state index in [1.807, 2.05) is 109 Å². The standard InChI is InChI=1S/C49H27N5O2S/c1-3-13-28(14-4-1)46-50-42-33-18-7-9-22-37(33)55-45(42)43(51-46)36-21-11-19-34-41-35(20-12-23-38(41)56-44(34)36)49-53-47(29-15-5-2-6-16-29)52-48(54-49)30-25-26-32-31-17-8-10-24-39(31)57-40(32)27-30/h1-27H. The Morgan fingerprint density at radius 2 is 0.965 bits per heavy atom. The zero-order valence-electron chi connectivity index (χ0n) is 30.0. The quantitative estimate of drug-likeness (QED) is 0.173. The summed E-state index contributed by atoms with van der Waals surface area (Å²) < 4.78 is 15.7. The molecule has 12 rings (SSSR count). The molecule has 7 aromatic carbocycles. The van der Waals surface area contributed by atoms with Crippen molar-refractivity contribution in [1.29, 1.82) is 0 Å². The van der Waals surface area contributed by atoms with Gasteiger partial charge in [-0.2, -0.15) is 0 Å². The van der Waals surface area contributed by atoms with E-state index in [4.69, 9.17) is 33.8 Å². The number of fused-ring (bicyclic) bond motifs is 9. The van der Waals surface area contributed by atoms with Crippen LogP contribution in [0.25, 0.3) is 121 Å². The summed E-state index contributed by atoms with van der Waals surface area (Å²) >= 11 is 1.78. The van der Waals surface area contributed by atoms with Crippen LogP contribution in [-0.4, -0.2) is 24.9 Å². The molecule has 0 aliphatic carbocycles. The van der Waals surface area contributed by atoms with E-state index < -0.39 is 0 Å². The molecule has 0 radical (unpaired) electrons. The van der Waals surface area contributed by atoms with E-state index >= 15 is 0 Å². The first-order valence-corrected chi connectivity index (χ1v) is 19.5. The number of thiophene rings is 1. The Bertz CT molecular complexity index is 3540. The molecule has 12 aromatic rings. The van der Waals surface area contributed by atoms with E-state index in [0.29, 0.717) is 45.7 Å². The second kappa shape index (κ2) is 12.5. The number of aromatic nitrogens is 5. The zero-order chi connectivity index (χ0) is 37.5. The molecular weight excluding hydrogens is 723 g/mol. The molecule has 0 aliphatic rings. The molecule has 0 aliphatic heterocycles. The second-order valence-electron chi connectivity index (χ2n) is 14.0. The van der Waals surface area contributed by atoms with Crippen molar-refractivity contribution in [2.24, 2.45) is 0 Å². The fraction of sp³-hybridized carbons (Fsp3) is 0. The van der Waals surface area contributed by atoms with Gasteiger partial charge in [0, 0.05) is 64.1 Å². The SMILES string of the molecule is c1ccc(-c2nc(-c3ccc4c(c3)sc3ccccc34)nc(-c3cccc4oc5c(-c6nc(-c7ccccc7)nc7c6oc6ccccc67)cccc5c34)n2)cc1. The van der Waals surface area contributed by atoms with Crippen LogP contribution < -0.4 is 0 Å². The smallest absolute Gasteiger partial charge is 0.180 e. The lowest BCUT2D eigenvalue weighted by molar-refractivity contribution is 0.663. The third-order valence-corrected chi connectivity index (χ3v) is 11.7. The molecule has 7 nitrogen and oxygen atoms in total. The van der Waals surface area contributed by atoms with Crippen LogP contribution >= 0.6 is 11.3 Å². The first kappa shape index (κ1) is 31.8. The van der Waals surface area contributed by atoms with Crippen molar-refractivity contribution in [2.45, 2.75) is 0 Å². The van der Waals surface area contributed by atoms with E-state index in [-0.39, 0.29) is 0 Å². The van der Waals surface area contributed by atoms with Crippen LogP contribution in [0.4, 0.5) is 0 Å². The summed E-state index contributed by atoms with van der Waals surface area (Å²) in [5.41, 5.74) is 8.55. The van der Waals surface area contributed by atoms with Crippen molar-refractivity contribution in [3.05, 3.63) is 164 Å². The molecular formula is C49H27N5O2S. The molecule has 0 atom stereocenters. The topological polar surface area (TPSA) is 90.7 Å². The molecule has 0 N–H and O–H groups in total. The van der Waals surface area contributed by atoms with Gasteiger partial charge in [0.1, 0.15) is 28.0 Å². The molecule has 0 bridgehead atoms. The zero-order valence-corrected chi connectivity index (χ0v) is 30.9. The maximum atomic E-state index is 6.80. The molecule has 8 heteroatoms. The fourth-order valence-electron chi connectivity index (χ4n) is 7.92. The highest BCUT2D eigenvalue weighted by Gasteiger charge is 2.24. The molecule has 0 unspecified atom stereocenters. The Morgan fingerprint density at radius 1 is 0.368 bits per heavy atom. The molecule has 0 saturated heterocycles. The number of para-hydroxylation sites is 2. The lowest BCUT2D eigenvalue weighted by Gasteiger charge is -2.09. The lowest BCUT2D eigenvalue weighted by Crippen LogP contribution is -2.00. The largest absolute Gasteiger partial charge is 0.455 e. The Balaban J connectivity index is 1.08. The average Bonchev–Trinajstić information content (AvgIpc) is 3.98. The van der Waals surface area contributed by atoms with Gasteiger partial charge in [-0.1, -0.05) is 127 Å². The number of nitrogens with zero attached hydrogens (tertiary/aromatic N) is 5. The van der Waals surface area contributed by atoms with Crippen LogP contribution in [0.15, 0.2) is 173 Å². The normalized spacial score (nSPS) is 11.9. The molecule has 57 heavy (non-hydrogen) atoms. The van der Waals surface area contributed by atoms with E-state index in [1.54, 1.807) is 11.3 Å². The van der Waals surface area contributed by atoms with Crippen molar-refractivity contribution in [2.75, 3.05) is 0 Å². The first-order chi connectivity index (χ1) is 28.2. The van der Waals surface area contributed by atoms with E-state index in [9.17, 15) is 0 Å². The fourth-order valence-corrected chi connectivity index (χ4v) is 9.06. The highest BCUT2D eigenvalue weighted by Crippen LogP contribution is 2.43. The maximum Gasteiger partial charge on any atom is 0.180 e. The third-order valence-electron chi connectivity index (χ3n) is 10.6.